The average Bonchev–Trinajstić information content (AvgIpc) is 3.28. The third kappa shape index (κ3) is 5.20. The van der Waals surface area contributed by atoms with Gasteiger partial charge in [0.05, 0.1) is 11.8 Å². The van der Waals surface area contributed by atoms with E-state index in [4.69, 9.17) is 4.52 Å². The van der Waals surface area contributed by atoms with Crippen LogP contribution in [0.3, 0.4) is 0 Å². The summed E-state index contributed by atoms with van der Waals surface area (Å²) in [7, 11) is 0. The van der Waals surface area contributed by atoms with Crippen LogP contribution < -0.4 is 5.32 Å². The largest absolute Gasteiger partial charge is 0.506 e. The van der Waals surface area contributed by atoms with Gasteiger partial charge in [0.15, 0.2) is 0 Å². The summed E-state index contributed by atoms with van der Waals surface area (Å²) in [5.41, 5.74) is 1.16. The predicted molar refractivity (Wildman–Crippen MR) is 111 cm³/mol. The molecule has 10 nitrogen and oxygen atoms in total. The molecule has 1 aliphatic carbocycles. The Balaban J connectivity index is 1.38. The van der Waals surface area contributed by atoms with Crippen molar-refractivity contribution in [2.24, 2.45) is 0 Å². The number of carboxylic acids is 1. The Bertz CT molecular complexity index is 1210. The van der Waals surface area contributed by atoms with Crippen LogP contribution in [0.4, 0.5) is 4.39 Å². The number of rotatable bonds is 7. The first-order valence-electron chi connectivity index (χ1n) is 10.2. The van der Waals surface area contributed by atoms with Gasteiger partial charge in [0.2, 0.25) is 23.6 Å². The van der Waals surface area contributed by atoms with E-state index in [1.807, 2.05) is 0 Å². The lowest BCUT2D eigenvalue weighted by atomic mass is 9.82. The van der Waals surface area contributed by atoms with Crippen LogP contribution in [0.25, 0.3) is 11.5 Å². The number of carbonyl (C=O) groups is 2. The number of aromatic nitrogens is 4. The monoisotopic (exact) mass is 453 g/mol. The highest BCUT2D eigenvalue weighted by molar-refractivity contribution is 5.89. The highest BCUT2D eigenvalue weighted by Crippen LogP contribution is 2.36. The van der Waals surface area contributed by atoms with E-state index in [1.165, 1.54) is 24.5 Å². The van der Waals surface area contributed by atoms with Crippen LogP contribution in [-0.4, -0.2) is 42.2 Å². The van der Waals surface area contributed by atoms with E-state index in [9.17, 15) is 24.2 Å². The lowest BCUT2D eigenvalue weighted by molar-refractivity contribution is -0.133. The van der Waals surface area contributed by atoms with Crippen LogP contribution in [0.15, 0.2) is 52.5 Å². The molecule has 0 fully saturated rings. The molecule has 3 aromatic rings. The van der Waals surface area contributed by atoms with Crippen molar-refractivity contribution in [2.45, 2.75) is 38.0 Å². The number of amides is 1. The van der Waals surface area contributed by atoms with Gasteiger partial charge in [0.1, 0.15) is 11.4 Å². The first-order chi connectivity index (χ1) is 15.9. The first kappa shape index (κ1) is 22.1. The van der Waals surface area contributed by atoms with E-state index < -0.39 is 17.8 Å². The first-order valence-corrected chi connectivity index (χ1v) is 10.2. The van der Waals surface area contributed by atoms with Gasteiger partial charge in [-0.2, -0.15) is 9.37 Å². The summed E-state index contributed by atoms with van der Waals surface area (Å²) >= 11 is 0. The van der Waals surface area contributed by atoms with E-state index in [1.54, 1.807) is 12.1 Å². The number of hydrogen-bond donors (Lipinski definition) is 3. The van der Waals surface area contributed by atoms with Gasteiger partial charge in [-0.05, 0) is 43.4 Å². The fourth-order valence-corrected chi connectivity index (χ4v) is 3.69. The Labute approximate surface area is 187 Å². The number of nitrogens with one attached hydrogen (secondary N) is 1. The number of aryl methyl sites for hydroxylation is 1. The molecule has 0 unspecified atom stereocenters. The van der Waals surface area contributed by atoms with Gasteiger partial charge >= 0.3 is 5.97 Å². The van der Waals surface area contributed by atoms with Gasteiger partial charge in [0.25, 0.3) is 0 Å². The molecule has 0 aliphatic heterocycles. The summed E-state index contributed by atoms with van der Waals surface area (Å²) in [6, 6.07) is 6.18. The van der Waals surface area contributed by atoms with Crippen molar-refractivity contribution >= 4 is 11.9 Å². The number of halogens is 1. The molecule has 3 heterocycles. The highest BCUT2D eigenvalue weighted by atomic mass is 19.1. The highest BCUT2D eigenvalue weighted by Gasteiger charge is 2.29. The molecule has 1 amide bonds. The minimum Gasteiger partial charge on any atom is -0.506 e. The molecule has 0 saturated carbocycles. The molecule has 33 heavy (non-hydrogen) atoms. The van der Waals surface area contributed by atoms with Crippen LogP contribution in [-0.2, 0) is 16.0 Å². The second-order valence-corrected chi connectivity index (χ2v) is 7.55. The van der Waals surface area contributed by atoms with Crippen molar-refractivity contribution in [2.75, 3.05) is 0 Å². The van der Waals surface area contributed by atoms with E-state index in [2.05, 4.69) is 25.4 Å². The number of aromatic hydroxyl groups is 1. The van der Waals surface area contributed by atoms with E-state index in [-0.39, 0.29) is 48.2 Å². The van der Waals surface area contributed by atoms with Gasteiger partial charge in [-0.3, -0.25) is 4.79 Å². The lowest BCUT2D eigenvalue weighted by Gasteiger charge is -2.26. The predicted octanol–water partition coefficient (Wildman–Crippen LogP) is 2.73. The molecular formula is C22H20FN5O5. The number of carbonyl (C=O) groups excluding carboxylic acids is 1. The van der Waals surface area contributed by atoms with Crippen molar-refractivity contribution < 1.29 is 28.7 Å². The second kappa shape index (κ2) is 9.55. The quantitative estimate of drug-likeness (QED) is 0.459. The summed E-state index contributed by atoms with van der Waals surface area (Å²) in [4.78, 5) is 36.0. The molecule has 3 N–H and O–H groups in total. The fourth-order valence-electron chi connectivity index (χ4n) is 3.69. The van der Waals surface area contributed by atoms with Gasteiger partial charge in [0, 0.05) is 30.3 Å². The standard InChI is InChI=1S/C22H20FN5O5/c23-20-14(2-1-9-24-20)12-3-5-16(15(10-12)22(31)32)26-18(30)7-8-19-27-21(28-33-19)17-6-4-13(29)11-25-17/h1-2,4,6,9,11-12,29H,3,5,7-8,10H2,(H,26,30)(H,31,32)/t12-/m1/s1. The molecule has 4 rings (SSSR count). The number of hydrogen-bond acceptors (Lipinski definition) is 8. The molecule has 0 aromatic carbocycles. The lowest BCUT2D eigenvalue weighted by Crippen LogP contribution is -2.29. The Morgan fingerprint density at radius 2 is 2.09 bits per heavy atom. The third-order valence-electron chi connectivity index (χ3n) is 5.34. The molecule has 0 spiro atoms. The maximum Gasteiger partial charge on any atom is 0.333 e. The fraction of sp³-hybridized carbons (Fsp3) is 0.273. The van der Waals surface area contributed by atoms with Crippen LogP contribution >= 0.6 is 0 Å². The minimum atomic E-state index is -1.15. The molecule has 1 aliphatic rings. The Morgan fingerprint density at radius 3 is 2.82 bits per heavy atom. The normalized spacial score (nSPS) is 16.0. The molecule has 0 radical (unpaired) electrons. The number of pyridine rings is 2. The molecule has 1 atom stereocenters. The summed E-state index contributed by atoms with van der Waals surface area (Å²) in [5, 5.41) is 25.4. The topological polar surface area (TPSA) is 151 Å². The molecule has 11 heteroatoms. The van der Waals surface area contributed by atoms with Gasteiger partial charge in [-0.15, -0.1) is 0 Å². The Kier molecular flexibility index (Phi) is 6.38. The molecule has 0 bridgehead atoms. The van der Waals surface area contributed by atoms with Crippen LogP contribution in [0, 0.1) is 5.95 Å². The Hall–Kier alpha value is -4.15. The van der Waals surface area contributed by atoms with Crippen molar-refractivity contribution in [3.63, 3.8) is 0 Å². The summed E-state index contributed by atoms with van der Waals surface area (Å²) < 4.78 is 19.2. The summed E-state index contributed by atoms with van der Waals surface area (Å²) in [5.74, 6) is -2.02. The summed E-state index contributed by atoms with van der Waals surface area (Å²) in [6.45, 7) is 0. The van der Waals surface area contributed by atoms with Crippen molar-refractivity contribution in [3.05, 3.63) is 65.3 Å². The van der Waals surface area contributed by atoms with Crippen molar-refractivity contribution in [3.8, 4) is 17.3 Å². The van der Waals surface area contributed by atoms with E-state index >= 15 is 0 Å². The van der Waals surface area contributed by atoms with E-state index in [0.717, 1.165) is 0 Å². The molecule has 170 valence electrons. The molecule has 0 saturated heterocycles. The Morgan fingerprint density at radius 1 is 1.24 bits per heavy atom. The average molecular weight is 453 g/mol. The number of allylic oxidation sites excluding steroid dienone is 1. The molecular weight excluding hydrogens is 433 g/mol. The SMILES string of the molecule is O=C(CCc1nc(-c2ccc(O)cn2)no1)NC1=C(C(=O)O)C[C@H](c2cccnc2F)CC1. The van der Waals surface area contributed by atoms with Crippen LogP contribution in [0.1, 0.15) is 43.1 Å². The smallest absolute Gasteiger partial charge is 0.333 e. The molecule has 3 aromatic heterocycles. The zero-order chi connectivity index (χ0) is 23.4. The van der Waals surface area contributed by atoms with Gasteiger partial charge in [-0.25, -0.2) is 14.8 Å². The zero-order valence-corrected chi connectivity index (χ0v) is 17.4. The van der Waals surface area contributed by atoms with Gasteiger partial charge < -0.3 is 20.1 Å². The van der Waals surface area contributed by atoms with Crippen LogP contribution in [0.5, 0.6) is 5.75 Å². The minimum absolute atomic E-state index is 0.00169. The van der Waals surface area contributed by atoms with Crippen LogP contribution in [0.2, 0.25) is 0 Å². The number of aliphatic carboxylic acids is 1. The van der Waals surface area contributed by atoms with Crippen molar-refractivity contribution in [1.29, 1.82) is 0 Å². The number of nitrogens with zero attached hydrogens (tertiary/aromatic N) is 4. The zero-order valence-electron chi connectivity index (χ0n) is 17.4. The second-order valence-electron chi connectivity index (χ2n) is 7.55. The number of carboxylic acid groups (broad SMARTS) is 1. The maximum absolute atomic E-state index is 14.0. The maximum atomic E-state index is 14.0. The van der Waals surface area contributed by atoms with Crippen molar-refractivity contribution in [1.82, 2.24) is 25.4 Å². The van der Waals surface area contributed by atoms with E-state index in [0.29, 0.717) is 29.8 Å². The third-order valence-corrected chi connectivity index (χ3v) is 5.34. The van der Waals surface area contributed by atoms with Gasteiger partial charge in [-0.1, -0.05) is 11.2 Å². The summed E-state index contributed by atoms with van der Waals surface area (Å²) in [6.07, 6.45) is 3.63.